The van der Waals surface area contributed by atoms with E-state index in [1.54, 1.807) is 4.57 Å². The highest BCUT2D eigenvalue weighted by Crippen LogP contribution is 2.32. The van der Waals surface area contributed by atoms with Crippen molar-refractivity contribution in [3.05, 3.63) is 43.0 Å². The van der Waals surface area contributed by atoms with E-state index in [1.165, 1.54) is 18.3 Å². The van der Waals surface area contributed by atoms with Crippen molar-refractivity contribution in [2.75, 3.05) is 49.7 Å². The SMILES string of the molecule is OCC1OC(n2cnc3c(NCN4CCN(c5ccccc5)CC4)ncnc32)C(O)C1O. The average Bonchev–Trinajstić information content (AvgIpc) is 3.39. The van der Waals surface area contributed by atoms with Gasteiger partial charge in [-0.15, -0.1) is 0 Å². The van der Waals surface area contributed by atoms with E-state index in [2.05, 4.69) is 54.3 Å². The van der Waals surface area contributed by atoms with Gasteiger partial charge in [-0.3, -0.25) is 9.47 Å². The number of rotatable bonds is 6. The number of aliphatic hydroxyl groups is 3. The fourth-order valence-electron chi connectivity index (χ4n) is 4.27. The largest absolute Gasteiger partial charge is 0.394 e. The maximum absolute atomic E-state index is 10.3. The second-order valence-corrected chi connectivity index (χ2v) is 8.05. The molecule has 1 aromatic carbocycles. The van der Waals surface area contributed by atoms with Gasteiger partial charge in [0, 0.05) is 31.9 Å². The number of nitrogens with zero attached hydrogens (tertiary/aromatic N) is 6. The molecule has 0 saturated carbocycles. The maximum atomic E-state index is 10.3. The highest BCUT2D eigenvalue weighted by Gasteiger charge is 2.44. The first-order valence-electron chi connectivity index (χ1n) is 10.7. The number of piperazine rings is 1. The van der Waals surface area contributed by atoms with Gasteiger partial charge in [0.15, 0.2) is 23.2 Å². The Kier molecular flexibility index (Phi) is 5.89. The summed E-state index contributed by atoms with van der Waals surface area (Å²) in [5.41, 5.74) is 2.27. The van der Waals surface area contributed by atoms with Crippen molar-refractivity contribution in [1.82, 2.24) is 24.4 Å². The Labute approximate surface area is 184 Å². The van der Waals surface area contributed by atoms with E-state index >= 15 is 0 Å². The molecule has 4 unspecified atom stereocenters. The summed E-state index contributed by atoms with van der Waals surface area (Å²) in [6.07, 6.45) is -1.20. The summed E-state index contributed by atoms with van der Waals surface area (Å²) in [4.78, 5) is 17.7. The molecule has 0 radical (unpaired) electrons. The molecule has 2 aliphatic heterocycles. The Hall–Kier alpha value is -2.83. The zero-order chi connectivity index (χ0) is 22.1. The molecule has 0 spiro atoms. The van der Waals surface area contributed by atoms with Crippen molar-refractivity contribution in [2.24, 2.45) is 0 Å². The van der Waals surface area contributed by atoms with Gasteiger partial charge >= 0.3 is 0 Å². The van der Waals surface area contributed by atoms with Crippen LogP contribution in [0, 0.1) is 0 Å². The first kappa shape index (κ1) is 21.0. The Morgan fingerprint density at radius 1 is 1.00 bits per heavy atom. The molecule has 0 aliphatic carbocycles. The van der Waals surface area contributed by atoms with Crippen LogP contribution in [0.3, 0.4) is 0 Å². The number of benzene rings is 1. The molecule has 2 aliphatic rings. The summed E-state index contributed by atoms with van der Waals surface area (Å²) in [6, 6.07) is 10.4. The van der Waals surface area contributed by atoms with Crippen LogP contribution < -0.4 is 10.2 Å². The smallest absolute Gasteiger partial charge is 0.167 e. The van der Waals surface area contributed by atoms with Gasteiger partial charge in [0.2, 0.25) is 0 Å². The van der Waals surface area contributed by atoms with Crippen LogP contribution >= 0.6 is 0 Å². The van der Waals surface area contributed by atoms with Gasteiger partial charge in [0.05, 0.1) is 19.6 Å². The Morgan fingerprint density at radius 2 is 1.78 bits per heavy atom. The van der Waals surface area contributed by atoms with Crippen LogP contribution in [0.4, 0.5) is 11.5 Å². The van der Waals surface area contributed by atoms with Crippen molar-refractivity contribution in [3.63, 3.8) is 0 Å². The lowest BCUT2D eigenvalue weighted by Gasteiger charge is -2.36. The molecule has 11 nitrogen and oxygen atoms in total. The Morgan fingerprint density at radius 3 is 2.50 bits per heavy atom. The number of nitrogens with one attached hydrogen (secondary N) is 1. The monoisotopic (exact) mass is 441 g/mol. The van der Waals surface area contributed by atoms with Crippen molar-refractivity contribution in [3.8, 4) is 0 Å². The number of anilines is 2. The number of hydrogen-bond acceptors (Lipinski definition) is 10. The average molecular weight is 441 g/mol. The minimum Gasteiger partial charge on any atom is -0.394 e. The van der Waals surface area contributed by atoms with Crippen LogP contribution in [0.25, 0.3) is 11.2 Å². The van der Waals surface area contributed by atoms with Crippen LogP contribution in [0.2, 0.25) is 0 Å². The Bertz CT molecular complexity index is 1040. The van der Waals surface area contributed by atoms with Gasteiger partial charge in [-0.05, 0) is 12.1 Å². The number of ether oxygens (including phenoxy) is 1. The Balaban J connectivity index is 1.24. The quantitative estimate of drug-likeness (QED) is 0.402. The van der Waals surface area contributed by atoms with E-state index in [-0.39, 0.29) is 6.61 Å². The standard InChI is InChI=1S/C21H27N7O4/c29-10-15-17(30)18(31)21(32-15)28-13-24-16-19(22-11-23-20(16)28)25-12-26-6-8-27(9-7-26)14-4-2-1-3-5-14/h1-5,11,13,15,17-18,21,29-31H,6-10,12H2,(H,22,23,25). The maximum Gasteiger partial charge on any atom is 0.167 e. The molecular weight excluding hydrogens is 414 g/mol. The van der Waals surface area contributed by atoms with Gasteiger partial charge in [-0.25, -0.2) is 15.0 Å². The van der Waals surface area contributed by atoms with E-state index < -0.39 is 24.5 Å². The van der Waals surface area contributed by atoms with E-state index in [0.717, 1.165) is 26.2 Å². The van der Waals surface area contributed by atoms with Crippen LogP contribution in [-0.2, 0) is 4.74 Å². The summed E-state index contributed by atoms with van der Waals surface area (Å²) >= 11 is 0. The lowest BCUT2D eigenvalue weighted by Crippen LogP contribution is -2.48. The van der Waals surface area contributed by atoms with Crippen molar-refractivity contribution < 1.29 is 20.1 Å². The second kappa shape index (κ2) is 8.96. The molecule has 0 amide bonds. The molecule has 4 atom stereocenters. The number of fused-ring (bicyclic) bond motifs is 1. The lowest BCUT2D eigenvalue weighted by molar-refractivity contribution is -0.0511. The van der Waals surface area contributed by atoms with E-state index in [0.29, 0.717) is 23.7 Å². The van der Waals surface area contributed by atoms with Crippen LogP contribution in [-0.4, -0.2) is 97.5 Å². The molecule has 2 aromatic heterocycles. The summed E-state index contributed by atoms with van der Waals surface area (Å²) < 4.78 is 7.17. The summed E-state index contributed by atoms with van der Waals surface area (Å²) in [5, 5.41) is 33.1. The number of aliphatic hydroxyl groups excluding tert-OH is 3. The third-order valence-electron chi connectivity index (χ3n) is 6.11. The normalized spacial score (nSPS) is 26.7. The minimum absolute atomic E-state index is 0.388. The van der Waals surface area contributed by atoms with Gasteiger partial charge < -0.3 is 30.3 Å². The van der Waals surface area contributed by atoms with Gasteiger partial charge in [-0.1, -0.05) is 18.2 Å². The molecule has 32 heavy (non-hydrogen) atoms. The molecular formula is C21H27N7O4. The molecule has 0 bridgehead atoms. The zero-order valence-corrected chi connectivity index (χ0v) is 17.5. The first-order valence-corrected chi connectivity index (χ1v) is 10.7. The van der Waals surface area contributed by atoms with Crippen molar-refractivity contribution >= 4 is 22.7 Å². The van der Waals surface area contributed by atoms with E-state index in [1.807, 2.05) is 6.07 Å². The molecule has 4 N–H and O–H groups in total. The van der Waals surface area contributed by atoms with Gasteiger partial charge in [-0.2, -0.15) is 0 Å². The highest BCUT2D eigenvalue weighted by atomic mass is 16.6. The fourth-order valence-corrected chi connectivity index (χ4v) is 4.27. The molecule has 2 fully saturated rings. The topological polar surface area (TPSA) is 132 Å². The molecule has 2 saturated heterocycles. The number of hydrogen-bond donors (Lipinski definition) is 4. The zero-order valence-electron chi connectivity index (χ0n) is 17.5. The third kappa shape index (κ3) is 3.89. The minimum atomic E-state index is -1.20. The molecule has 170 valence electrons. The van der Waals surface area contributed by atoms with Crippen molar-refractivity contribution in [1.29, 1.82) is 0 Å². The van der Waals surface area contributed by atoms with E-state index in [4.69, 9.17) is 4.74 Å². The van der Waals surface area contributed by atoms with Gasteiger partial charge in [0.25, 0.3) is 0 Å². The molecule has 5 rings (SSSR count). The van der Waals surface area contributed by atoms with Crippen LogP contribution in [0.1, 0.15) is 6.23 Å². The first-order chi connectivity index (χ1) is 15.7. The molecule has 4 heterocycles. The number of aromatic nitrogens is 4. The summed E-state index contributed by atoms with van der Waals surface area (Å²) in [6.45, 7) is 3.98. The number of para-hydroxylation sites is 1. The summed E-state index contributed by atoms with van der Waals surface area (Å²) in [7, 11) is 0. The van der Waals surface area contributed by atoms with E-state index in [9.17, 15) is 15.3 Å². The highest BCUT2D eigenvalue weighted by molar-refractivity contribution is 5.82. The third-order valence-corrected chi connectivity index (χ3v) is 6.11. The predicted octanol–water partition coefficient (Wildman–Crippen LogP) is -0.371. The molecule has 11 heteroatoms. The van der Waals surface area contributed by atoms with Gasteiger partial charge in [0.1, 0.15) is 24.6 Å². The fraction of sp³-hybridized carbons (Fsp3) is 0.476. The number of imidazole rings is 1. The summed E-state index contributed by atoms with van der Waals surface area (Å²) in [5.74, 6) is 0.589. The predicted molar refractivity (Wildman–Crippen MR) is 117 cm³/mol. The van der Waals surface area contributed by atoms with Crippen molar-refractivity contribution in [2.45, 2.75) is 24.5 Å². The van der Waals surface area contributed by atoms with Crippen LogP contribution in [0.15, 0.2) is 43.0 Å². The second-order valence-electron chi connectivity index (χ2n) is 8.05. The molecule has 3 aromatic rings. The lowest BCUT2D eigenvalue weighted by atomic mass is 10.1. The van der Waals surface area contributed by atoms with Crippen LogP contribution in [0.5, 0.6) is 0 Å².